The number of carboxylic acid groups (broad SMARTS) is 1. The third-order valence-corrected chi connectivity index (χ3v) is 4.63. The molecule has 2 aromatic carbocycles. The summed E-state index contributed by atoms with van der Waals surface area (Å²) >= 11 is 0. The Morgan fingerprint density at radius 1 is 1.19 bits per heavy atom. The highest BCUT2D eigenvalue weighted by Gasteiger charge is 2.34. The number of ether oxygens (including phenoxy) is 1. The molecule has 0 radical (unpaired) electrons. The van der Waals surface area contributed by atoms with Crippen LogP contribution in [0.5, 0.6) is 0 Å². The van der Waals surface area contributed by atoms with Crippen molar-refractivity contribution in [1.29, 1.82) is 0 Å². The largest absolute Gasteiger partial charge is 0.480 e. The van der Waals surface area contributed by atoms with Crippen molar-refractivity contribution < 1.29 is 19.4 Å². The predicted octanol–water partition coefficient (Wildman–Crippen LogP) is 3.56. The number of fused-ring (bicyclic) bond motifs is 1. The summed E-state index contributed by atoms with van der Waals surface area (Å²) in [6.07, 6.45) is 0.225. The highest BCUT2D eigenvalue weighted by Crippen LogP contribution is 2.28. The van der Waals surface area contributed by atoms with Gasteiger partial charge in [-0.15, -0.1) is 0 Å². The summed E-state index contributed by atoms with van der Waals surface area (Å²) in [5, 5.41) is 14.8. The van der Waals surface area contributed by atoms with Gasteiger partial charge < -0.3 is 15.2 Å². The Hall–Kier alpha value is -2.60. The van der Waals surface area contributed by atoms with E-state index in [2.05, 4.69) is 5.32 Å². The first-order chi connectivity index (χ1) is 12.7. The van der Waals surface area contributed by atoms with Crippen molar-refractivity contribution in [1.82, 2.24) is 10.2 Å². The van der Waals surface area contributed by atoms with Gasteiger partial charge in [0.05, 0.1) is 0 Å². The molecule has 0 bridgehead atoms. The van der Waals surface area contributed by atoms with Crippen LogP contribution < -0.4 is 5.32 Å². The molecule has 2 aromatic rings. The molecule has 1 aliphatic rings. The molecule has 1 heterocycles. The van der Waals surface area contributed by atoms with Crippen LogP contribution in [-0.2, 0) is 9.53 Å². The third-order valence-electron chi connectivity index (χ3n) is 4.63. The fourth-order valence-corrected chi connectivity index (χ4v) is 3.50. The van der Waals surface area contributed by atoms with Gasteiger partial charge in [0.1, 0.15) is 11.6 Å². The molecule has 6 heteroatoms. The summed E-state index contributed by atoms with van der Waals surface area (Å²) < 4.78 is 5.29. The number of carbonyl (C=O) groups is 2. The number of benzene rings is 2. The van der Waals surface area contributed by atoms with Crippen LogP contribution in [0.3, 0.4) is 0 Å². The molecule has 2 atom stereocenters. The summed E-state index contributed by atoms with van der Waals surface area (Å²) in [4.78, 5) is 25.9. The smallest absolute Gasteiger partial charge is 0.407 e. The minimum absolute atomic E-state index is 0.123. The molecular weight excluding hydrogens is 344 g/mol. The van der Waals surface area contributed by atoms with Crippen LogP contribution in [0.4, 0.5) is 4.79 Å². The van der Waals surface area contributed by atoms with E-state index in [1.165, 1.54) is 0 Å². The van der Waals surface area contributed by atoms with Crippen LogP contribution in [0.15, 0.2) is 42.5 Å². The van der Waals surface area contributed by atoms with Gasteiger partial charge in [0, 0.05) is 19.1 Å². The first-order valence-corrected chi connectivity index (χ1v) is 9.18. The quantitative estimate of drug-likeness (QED) is 0.860. The van der Waals surface area contributed by atoms with E-state index in [-0.39, 0.29) is 6.04 Å². The molecule has 27 heavy (non-hydrogen) atoms. The van der Waals surface area contributed by atoms with E-state index in [1.807, 2.05) is 68.1 Å². The molecule has 1 fully saturated rings. The summed E-state index contributed by atoms with van der Waals surface area (Å²) in [5.41, 5.74) is 0.191. The zero-order valence-electron chi connectivity index (χ0n) is 15.9. The van der Waals surface area contributed by atoms with Gasteiger partial charge in [-0.1, -0.05) is 36.4 Å². The molecule has 144 valence electrons. The number of carboxylic acids is 1. The molecule has 1 saturated heterocycles. The lowest BCUT2D eigenvalue weighted by Crippen LogP contribution is -2.41. The second kappa shape index (κ2) is 7.56. The second-order valence-electron chi connectivity index (χ2n) is 7.97. The Bertz CT molecular complexity index is 843. The van der Waals surface area contributed by atoms with Crippen LogP contribution >= 0.6 is 0 Å². The van der Waals surface area contributed by atoms with E-state index in [4.69, 9.17) is 4.74 Å². The van der Waals surface area contributed by atoms with Crippen molar-refractivity contribution in [3.63, 3.8) is 0 Å². The molecule has 0 saturated carbocycles. The number of carbonyl (C=O) groups excluding carboxylic acids is 1. The van der Waals surface area contributed by atoms with Gasteiger partial charge >= 0.3 is 12.1 Å². The molecule has 1 amide bonds. The van der Waals surface area contributed by atoms with Gasteiger partial charge in [0.25, 0.3) is 0 Å². The molecule has 0 aromatic heterocycles. The topological polar surface area (TPSA) is 78.9 Å². The van der Waals surface area contributed by atoms with E-state index >= 15 is 0 Å². The molecule has 0 unspecified atom stereocenters. The lowest BCUT2D eigenvalue weighted by molar-refractivity contribution is -0.143. The maximum absolute atomic E-state index is 12.0. The van der Waals surface area contributed by atoms with Crippen LogP contribution in [0.25, 0.3) is 10.8 Å². The summed E-state index contributed by atoms with van der Waals surface area (Å²) in [6.45, 7) is 6.52. The zero-order valence-corrected chi connectivity index (χ0v) is 15.9. The SMILES string of the molecule is CC(C)(C)OC(=O)N[C@@H]1CCN([C@@H](C(=O)O)c2ccc3ccccc3c2)C1. The van der Waals surface area contributed by atoms with Crippen molar-refractivity contribution in [3.8, 4) is 0 Å². The van der Waals surface area contributed by atoms with Gasteiger partial charge in [-0.25, -0.2) is 4.79 Å². The average Bonchev–Trinajstić information content (AvgIpc) is 3.00. The zero-order chi connectivity index (χ0) is 19.6. The Morgan fingerprint density at radius 2 is 1.89 bits per heavy atom. The Kier molecular flexibility index (Phi) is 5.37. The highest BCUT2D eigenvalue weighted by molar-refractivity contribution is 5.85. The number of nitrogens with zero attached hydrogens (tertiary/aromatic N) is 1. The molecular formula is C21H26N2O4. The molecule has 0 aliphatic carbocycles. The van der Waals surface area contributed by atoms with Gasteiger partial charge in [-0.3, -0.25) is 9.69 Å². The number of aliphatic carboxylic acids is 1. The van der Waals surface area contributed by atoms with E-state index in [0.717, 1.165) is 16.3 Å². The highest BCUT2D eigenvalue weighted by atomic mass is 16.6. The molecule has 1 aliphatic heterocycles. The molecule has 0 spiro atoms. The fraction of sp³-hybridized carbons (Fsp3) is 0.429. The van der Waals surface area contributed by atoms with Crippen molar-refractivity contribution >= 4 is 22.8 Å². The summed E-state index contributed by atoms with van der Waals surface area (Å²) in [7, 11) is 0. The first kappa shape index (κ1) is 19.2. The maximum Gasteiger partial charge on any atom is 0.407 e. The van der Waals surface area contributed by atoms with Crippen LogP contribution in [0.1, 0.15) is 38.8 Å². The second-order valence-corrected chi connectivity index (χ2v) is 7.97. The van der Waals surface area contributed by atoms with E-state index < -0.39 is 23.7 Å². The Labute approximate surface area is 159 Å². The van der Waals surface area contributed by atoms with Crippen molar-refractivity contribution in [2.45, 2.75) is 44.9 Å². The number of hydrogen-bond acceptors (Lipinski definition) is 4. The number of amides is 1. The lowest BCUT2D eigenvalue weighted by Gasteiger charge is -2.25. The molecule has 6 nitrogen and oxygen atoms in total. The van der Waals surface area contributed by atoms with Crippen LogP contribution in [0.2, 0.25) is 0 Å². The molecule has 2 N–H and O–H groups in total. The summed E-state index contributed by atoms with van der Waals surface area (Å²) in [6, 6.07) is 12.8. The van der Waals surface area contributed by atoms with E-state index in [9.17, 15) is 14.7 Å². The minimum atomic E-state index is -0.886. The number of likely N-dealkylation sites (tertiary alicyclic amines) is 1. The van der Waals surface area contributed by atoms with Gasteiger partial charge in [0.15, 0.2) is 0 Å². The van der Waals surface area contributed by atoms with Crippen LogP contribution in [0, 0.1) is 0 Å². The molecule has 3 rings (SSSR count). The first-order valence-electron chi connectivity index (χ1n) is 9.18. The van der Waals surface area contributed by atoms with Gasteiger partial charge in [0.2, 0.25) is 0 Å². The van der Waals surface area contributed by atoms with Crippen molar-refractivity contribution in [2.75, 3.05) is 13.1 Å². The average molecular weight is 370 g/mol. The van der Waals surface area contributed by atoms with Gasteiger partial charge in [-0.2, -0.15) is 0 Å². The maximum atomic E-state index is 12.0. The van der Waals surface area contributed by atoms with Crippen LogP contribution in [-0.4, -0.2) is 46.8 Å². The summed E-state index contributed by atoms with van der Waals surface area (Å²) in [5.74, 6) is -0.886. The number of rotatable bonds is 4. The standard InChI is InChI=1S/C21H26N2O4/c1-21(2,3)27-20(26)22-17-10-11-23(13-17)18(19(24)25)16-9-8-14-6-4-5-7-15(14)12-16/h4-9,12,17-18H,10-11,13H2,1-3H3,(H,22,26)(H,24,25)/t17-,18-/m1/s1. The Morgan fingerprint density at radius 3 is 2.56 bits per heavy atom. The number of alkyl carbamates (subject to hydrolysis) is 1. The van der Waals surface area contributed by atoms with E-state index in [0.29, 0.717) is 19.5 Å². The van der Waals surface area contributed by atoms with Crippen molar-refractivity contribution in [2.24, 2.45) is 0 Å². The third kappa shape index (κ3) is 4.77. The van der Waals surface area contributed by atoms with Gasteiger partial charge in [-0.05, 0) is 49.6 Å². The fourth-order valence-electron chi connectivity index (χ4n) is 3.50. The van der Waals surface area contributed by atoms with E-state index in [1.54, 1.807) is 0 Å². The minimum Gasteiger partial charge on any atom is -0.480 e. The lowest BCUT2D eigenvalue weighted by atomic mass is 10.0. The predicted molar refractivity (Wildman–Crippen MR) is 104 cm³/mol. The Balaban J connectivity index is 1.72. The monoisotopic (exact) mass is 370 g/mol. The normalized spacial score (nSPS) is 19.0. The number of nitrogens with one attached hydrogen (secondary N) is 1. The number of hydrogen-bond donors (Lipinski definition) is 2. The van der Waals surface area contributed by atoms with Crippen molar-refractivity contribution in [3.05, 3.63) is 48.0 Å².